The fourth-order valence-corrected chi connectivity index (χ4v) is 8.75. The fourth-order valence-electron chi connectivity index (χ4n) is 8.75. The van der Waals surface area contributed by atoms with Crippen LogP contribution in [0.15, 0.2) is 23.8 Å². The highest BCUT2D eigenvalue weighted by atomic mass is 16.1. The number of carbonyl (C=O) groups is 1. The molecule has 1 heteroatoms. The monoisotopic (exact) mass is 410 g/mol. The Morgan fingerprint density at radius 3 is 2.47 bits per heavy atom. The molecule has 168 valence electrons. The van der Waals surface area contributed by atoms with Crippen LogP contribution in [-0.2, 0) is 4.79 Å². The minimum atomic E-state index is 0.313. The van der Waals surface area contributed by atoms with Crippen molar-refractivity contribution >= 4 is 5.78 Å². The summed E-state index contributed by atoms with van der Waals surface area (Å²) in [6, 6.07) is 0. The van der Waals surface area contributed by atoms with Gasteiger partial charge >= 0.3 is 0 Å². The predicted octanol–water partition coefficient (Wildman–Crippen LogP) is 8.01. The maximum absolute atomic E-state index is 12.1. The van der Waals surface area contributed by atoms with Crippen molar-refractivity contribution in [1.82, 2.24) is 0 Å². The normalized spacial score (nSPS) is 43.2. The van der Waals surface area contributed by atoms with Crippen molar-refractivity contribution in [2.24, 2.45) is 52.3 Å². The first-order valence-electron chi connectivity index (χ1n) is 13.1. The predicted molar refractivity (Wildman–Crippen MR) is 127 cm³/mol. The van der Waals surface area contributed by atoms with Gasteiger partial charge in [0.25, 0.3) is 0 Å². The molecule has 0 aromatic heterocycles. The second-order valence-corrected chi connectivity index (χ2v) is 12.3. The van der Waals surface area contributed by atoms with Gasteiger partial charge in [-0.05, 0) is 110 Å². The van der Waals surface area contributed by atoms with E-state index in [2.05, 4.69) is 59.8 Å². The van der Waals surface area contributed by atoms with Crippen molar-refractivity contribution in [3.05, 3.63) is 23.8 Å². The van der Waals surface area contributed by atoms with Crippen molar-refractivity contribution in [3.8, 4) is 0 Å². The molecule has 0 aromatic carbocycles. The Morgan fingerprint density at radius 1 is 1.00 bits per heavy atom. The van der Waals surface area contributed by atoms with Crippen LogP contribution >= 0.6 is 0 Å². The van der Waals surface area contributed by atoms with Crippen LogP contribution in [0.1, 0.15) is 99.3 Å². The number of rotatable bonds is 5. The fraction of sp³-hybridized carbons (Fsp3) is 0.828. The molecule has 4 aliphatic rings. The summed E-state index contributed by atoms with van der Waals surface area (Å²) >= 11 is 0. The first-order chi connectivity index (χ1) is 14.2. The molecule has 0 radical (unpaired) electrons. The van der Waals surface area contributed by atoms with E-state index in [1.807, 2.05) is 0 Å². The minimum Gasteiger partial charge on any atom is -0.295 e. The van der Waals surface area contributed by atoms with E-state index in [0.29, 0.717) is 22.5 Å². The van der Waals surface area contributed by atoms with Crippen LogP contribution in [-0.4, -0.2) is 5.78 Å². The summed E-state index contributed by atoms with van der Waals surface area (Å²) in [7, 11) is 0. The van der Waals surface area contributed by atoms with Crippen LogP contribution in [0.4, 0.5) is 0 Å². The number of hydrogen-bond acceptors (Lipinski definition) is 1. The van der Waals surface area contributed by atoms with Crippen LogP contribution in [0.3, 0.4) is 0 Å². The number of fused-ring (bicyclic) bond motifs is 5. The van der Waals surface area contributed by atoms with E-state index in [1.54, 1.807) is 0 Å². The largest absolute Gasteiger partial charge is 0.295 e. The summed E-state index contributed by atoms with van der Waals surface area (Å²) in [5.41, 5.74) is 2.34. The number of ketones is 1. The van der Waals surface area contributed by atoms with Gasteiger partial charge in [0.15, 0.2) is 5.78 Å². The Hall–Kier alpha value is -0.850. The van der Waals surface area contributed by atoms with Gasteiger partial charge in [-0.25, -0.2) is 0 Å². The second-order valence-electron chi connectivity index (χ2n) is 12.3. The van der Waals surface area contributed by atoms with Crippen molar-refractivity contribution < 1.29 is 4.79 Å². The molecule has 0 amide bonds. The summed E-state index contributed by atoms with van der Waals surface area (Å²) < 4.78 is 0. The molecule has 4 aliphatic carbocycles. The molecular formula is C29H46O. The van der Waals surface area contributed by atoms with E-state index in [9.17, 15) is 4.79 Å². The molecule has 0 unspecified atom stereocenters. The summed E-state index contributed by atoms with van der Waals surface area (Å²) in [4.78, 5) is 12.1. The zero-order valence-corrected chi connectivity index (χ0v) is 20.5. The number of hydrogen-bond donors (Lipinski definition) is 0. The SMILES string of the molecule is CC[C@H](/C=C/[C@H](C)[C@@H]1CC[C@H]2[C@H]3CCC4=CC(=O)CC[C@]4(C)[C@@H]3CC[C@@]21C)C(C)C. The zero-order chi connectivity index (χ0) is 21.7. The molecule has 0 spiro atoms. The third-order valence-corrected chi connectivity index (χ3v) is 10.7. The van der Waals surface area contributed by atoms with Gasteiger partial charge in [-0.15, -0.1) is 0 Å². The van der Waals surface area contributed by atoms with E-state index in [0.717, 1.165) is 48.3 Å². The van der Waals surface area contributed by atoms with Crippen LogP contribution in [0.25, 0.3) is 0 Å². The molecule has 0 bridgehead atoms. The summed E-state index contributed by atoms with van der Waals surface area (Å²) in [5.74, 6) is 6.01. The Kier molecular flexibility index (Phi) is 6.15. The zero-order valence-electron chi connectivity index (χ0n) is 20.5. The average molecular weight is 411 g/mol. The van der Waals surface area contributed by atoms with E-state index in [-0.39, 0.29) is 0 Å². The lowest BCUT2D eigenvalue weighted by molar-refractivity contribution is -0.117. The highest BCUT2D eigenvalue weighted by molar-refractivity contribution is 5.91. The molecule has 0 aliphatic heterocycles. The summed E-state index contributed by atoms with van der Waals surface area (Å²) in [5, 5.41) is 0. The molecule has 0 heterocycles. The molecule has 0 saturated heterocycles. The minimum absolute atomic E-state index is 0.313. The lowest BCUT2D eigenvalue weighted by Gasteiger charge is -2.58. The van der Waals surface area contributed by atoms with E-state index < -0.39 is 0 Å². The topological polar surface area (TPSA) is 17.1 Å². The van der Waals surface area contributed by atoms with Crippen molar-refractivity contribution in [3.63, 3.8) is 0 Å². The molecule has 30 heavy (non-hydrogen) atoms. The van der Waals surface area contributed by atoms with Gasteiger partial charge in [0.1, 0.15) is 0 Å². The van der Waals surface area contributed by atoms with Crippen molar-refractivity contribution in [1.29, 1.82) is 0 Å². The Labute approximate surface area is 186 Å². The molecular weight excluding hydrogens is 364 g/mol. The second kappa shape index (κ2) is 8.25. The number of allylic oxidation sites excluding steroid dienone is 3. The van der Waals surface area contributed by atoms with Gasteiger partial charge in [0, 0.05) is 6.42 Å². The number of carbonyl (C=O) groups excluding carboxylic acids is 1. The van der Waals surface area contributed by atoms with Crippen molar-refractivity contribution in [2.45, 2.75) is 99.3 Å². The summed E-state index contributed by atoms with van der Waals surface area (Å²) in [6.07, 6.45) is 18.5. The van der Waals surface area contributed by atoms with Crippen LogP contribution in [0, 0.1) is 52.3 Å². The molecule has 4 rings (SSSR count). The van der Waals surface area contributed by atoms with Crippen molar-refractivity contribution in [2.75, 3.05) is 0 Å². The van der Waals surface area contributed by atoms with Gasteiger partial charge in [0.2, 0.25) is 0 Å². The molecule has 3 saturated carbocycles. The summed E-state index contributed by atoms with van der Waals surface area (Å²) in [6.45, 7) is 14.7. The van der Waals surface area contributed by atoms with Gasteiger partial charge in [0.05, 0.1) is 0 Å². The van der Waals surface area contributed by atoms with E-state index in [4.69, 9.17) is 0 Å². The van der Waals surface area contributed by atoms with E-state index in [1.165, 1.54) is 50.5 Å². The lowest BCUT2D eigenvalue weighted by atomic mass is 9.46. The van der Waals surface area contributed by atoms with Gasteiger partial charge in [-0.1, -0.05) is 59.3 Å². The maximum Gasteiger partial charge on any atom is 0.155 e. The highest BCUT2D eigenvalue weighted by Gasteiger charge is 2.59. The van der Waals surface area contributed by atoms with Gasteiger partial charge in [-0.3, -0.25) is 4.79 Å². The smallest absolute Gasteiger partial charge is 0.155 e. The Morgan fingerprint density at radius 2 is 1.77 bits per heavy atom. The molecule has 3 fully saturated rings. The third kappa shape index (κ3) is 3.57. The lowest BCUT2D eigenvalue weighted by Crippen LogP contribution is -2.50. The first kappa shape index (κ1) is 22.3. The Bertz CT molecular complexity index is 714. The van der Waals surface area contributed by atoms with Gasteiger partial charge in [-0.2, -0.15) is 0 Å². The average Bonchev–Trinajstić information content (AvgIpc) is 3.06. The highest BCUT2D eigenvalue weighted by Crippen LogP contribution is 2.67. The van der Waals surface area contributed by atoms with E-state index >= 15 is 0 Å². The van der Waals surface area contributed by atoms with Gasteiger partial charge < -0.3 is 0 Å². The van der Waals surface area contributed by atoms with Crippen LogP contribution in [0.5, 0.6) is 0 Å². The first-order valence-corrected chi connectivity index (χ1v) is 13.1. The molecule has 0 aromatic rings. The maximum atomic E-state index is 12.1. The molecule has 1 nitrogen and oxygen atoms in total. The molecule has 8 atom stereocenters. The van der Waals surface area contributed by atoms with Crippen LogP contribution < -0.4 is 0 Å². The molecule has 0 N–H and O–H groups in total. The standard InChI is InChI=1S/C29H46O/c1-7-21(19(2)3)9-8-20(4)25-12-13-26-24-11-10-22-18-23(30)14-16-28(22,5)27(24)15-17-29(25,26)6/h8-9,18-21,24-27H,7,10-17H2,1-6H3/b9-8+/t20-,21+,24+,25-,26-,27+,28-,29+/m0/s1. The van der Waals surface area contributed by atoms with Crippen LogP contribution in [0.2, 0.25) is 0 Å². The third-order valence-electron chi connectivity index (χ3n) is 10.7. The Balaban J connectivity index is 1.52. The quantitative estimate of drug-likeness (QED) is 0.419.